The first kappa shape index (κ1) is 11.2. The highest BCUT2D eigenvalue weighted by molar-refractivity contribution is 5.74. The third-order valence-electron chi connectivity index (χ3n) is 3.18. The number of carbonyl (C=O) groups is 1. The molecule has 2 rings (SSSR count). The summed E-state index contributed by atoms with van der Waals surface area (Å²) in [7, 11) is 0. The van der Waals surface area contributed by atoms with Crippen LogP contribution < -0.4 is 0 Å². The van der Waals surface area contributed by atoms with E-state index in [1.165, 1.54) is 0 Å². The lowest BCUT2D eigenvalue weighted by molar-refractivity contribution is -0.0408. The number of hydrogen-bond acceptors (Lipinski definition) is 1. The summed E-state index contributed by atoms with van der Waals surface area (Å²) in [5, 5.41) is 0. The van der Waals surface area contributed by atoms with Gasteiger partial charge in [0.05, 0.1) is 0 Å². The average molecular weight is 224 g/mol. The highest BCUT2D eigenvalue weighted by Crippen LogP contribution is 2.41. The molecule has 0 spiro atoms. The van der Waals surface area contributed by atoms with E-state index in [9.17, 15) is 13.6 Å². The van der Waals surface area contributed by atoms with Gasteiger partial charge in [0.15, 0.2) is 0 Å². The molecule has 1 atom stereocenters. The molecule has 1 fully saturated rings. The summed E-state index contributed by atoms with van der Waals surface area (Å²) in [5.74, 6) is -2.59. The van der Waals surface area contributed by atoms with Gasteiger partial charge in [0, 0.05) is 18.4 Å². The van der Waals surface area contributed by atoms with Gasteiger partial charge in [-0.05, 0) is 24.3 Å². The maximum atomic E-state index is 13.2. The van der Waals surface area contributed by atoms with Crippen molar-refractivity contribution in [1.82, 2.24) is 0 Å². The Morgan fingerprint density at radius 2 is 1.94 bits per heavy atom. The Morgan fingerprint density at radius 1 is 1.25 bits per heavy atom. The second-order valence-electron chi connectivity index (χ2n) is 4.43. The lowest BCUT2D eigenvalue weighted by Gasteiger charge is -2.29. The van der Waals surface area contributed by atoms with Crippen LogP contribution in [0.5, 0.6) is 0 Å². The lowest BCUT2D eigenvalue weighted by atomic mass is 9.82. The van der Waals surface area contributed by atoms with Crippen LogP contribution in [0.3, 0.4) is 0 Å². The molecule has 0 bridgehead atoms. The monoisotopic (exact) mass is 224 g/mol. The van der Waals surface area contributed by atoms with Crippen molar-refractivity contribution in [3.8, 4) is 0 Å². The van der Waals surface area contributed by atoms with Gasteiger partial charge in [0.1, 0.15) is 6.29 Å². The Hall–Kier alpha value is -1.25. The van der Waals surface area contributed by atoms with Gasteiger partial charge in [-0.25, -0.2) is 8.78 Å². The van der Waals surface area contributed by atoms with Crippen LogP contribution in [0, 0.1) is 0 Å². The zero-order valence-corrected chi connectivity index (χ0v) is 8.96. The molecule has 86 valence electrons. The largest absolute Gasteiger partial charge is 0.298 e. The normalized spacial score (nSPS) is 24.0. The highest BCUT2D eigenvalue weighted by Gasteiger charge is 2.36. The van der Waals surface area contributed by atoms with Gasteiger partial charge in [-0.15, -0.1) is 0 Å². The number of alkyl halides is 2. The van der Waals surface area contributed by atoms with Crippen molar-refractivity contribution in [2.45, 2.75) is 37.5 Å². The van der Waals surface area contributed by atoms with E-state index in [2.05, 4.69) is 0 Å². The number of aldehydes is 1. The maximum Gasteiger partial charge on any atom is 0.248 e. The second-order valence-corrected chi connectivity index (χ2v) is 4.43. The number of halogens is 2. The molecular formula is C13H14F2O. The summed E-state index contributed by atoms with van der Waals surface area (Å²) in [6.45, 7) is 0. The van der Waals surface area contributed by atoms with Gasteiger partial charge in [0.25, 0.3) is 0 Å². The molecule has 1 aromatic carbocycles. The summed E-state index contributed by atoms with van der Waals surface area (Å²) in [6, 6.07) is 6.95. The highest BCUT2D eigenvalue weighted by atomic mass is 19.3. The molecule has 0 N–H and O–H groups in total. The molecule has 0 saturated heterocycles. The Balaban J connectivity index is 2.14. The van der Waals surface area contributed by atoms with E-state index < -0.39 is 5.92 Å². The van der Waals surface area contributed by atoms with Crippen molar-refractivity contribution in [1.29, 1.82) is 0 Å². The number of benzene rings is 1. The van der Waals surface area contributed by atoms with Gasteiger partial charge in [-0.3, -0.25) is 4.79 Å². The first-order valence-corrected chi connectivity index (χ1v) is 5.54. The summed E-state index contributed by atoms with van der Waals surface area (Å²) < 4.78 is 26.5. The van der Waals surface area contributed by atoms with Crippen molar-refractivity contribution in [2.75, 3.05) is 0 Å². The lowest BCUT2D eigenvalue weighted by Crippen LogP contribution is -2.24. The first-order valence-electron chi connectivity index (χ1n) is 5.54. The fourth-order valence-electron chi connectivity index (χ4n) is 2.30. The summed E-state index contributed by atoms with van der Waals surface area (Å²) >= 11 is 0. The SMILES string of the molecule is O=Cc1ccc(C2CCCC(F)(F)C2)cc1. The van der Waals surface area contributed by atoms with Crippen LogP contribution in [0.4, 0.5) is 8.78 Å². The fourth-order valence-corrected chi connectivity index (χ4v) is 2.30. The average Bonchev–Trinajstić information content (AvgIpc) is 2.28. The Morgan fingerprint density at radius 3 is 2.50 bits per heavy atom. The number of rotatable bonds is 2. The van der Waals surface area contributed by atoms with E-state index in [1.807, 2.05) is 0 Å². The van der Waals surface area contributed by atoms with Crippen LogP contribution in [0.15, 0.2) is 24.3 Å². The quantitative estimate of drug-likeness (QED) is 0.698. The van der Waals surface area contributed by atoms with Crippen molar-refractivity contribution in [3.05, 3.63) is 35.4 Å². The van der Waals surface area contributed by atoms with Crippen LogP contribution in [0.2, 0.25) is 0 Å². The minimum atomic E-state index is -2.52. The van der Waals surface area contributed by atoms with Crippen molar-refractivity contribution < 1.29 is 13.6 Å². The van der Waals surface area contributed by atoms with Crippen LogP contribution in [-0.4, -0.2) is 12.2 Å². The van der Waals surface area contributed by atoms with Gasteiger partial charge in [-0.2, -0.15) is 0 Å². The maximum absolute atomic E-state index is 13.2. The second kappa shape index (κ2) is 4.32. The molecule has 1 aliphatic rings. The fraction of sp³-hybridized carbons (Fsp3) is 0.462. The predicted octanol–water partition coefficient (Wildman–Crippen LogP) is 3.79. The van der Waals surface area contributed by atoms with E-state index in [0.717, 1.165) is 18.3 Å². The molecule has 3 heteroatoms. The topological polar surface area (TPSA) is 17.1 Å². The van der Waals surface area contributed by atoms with E-state index >= 15 is 0 Å². The van der Waals surface area contributed by atoms with E-state index in [-0.39, 0.29) is 18.8 Å². The molecule has 0 aromatic heterocycles. The van der Waals surface area contributed by atoms with Gasteiger partial charge < -0.3 is 0 Å². The molecule has 0 radical (unpaired) electrons. The zero-order valence-electron chi connectivity index (χ0n) is 8.96. The summed E-state index contributed by atoms with van der Waals surface area (Å²) in [5.41, 5.74) is 1.51. The zero-order chi connectivity index (χ0) is 11.6. The third kappa shape index (κ3) is 2.46. The minimum absolute atomic E-state index is 0.00984. The van der Waals surface area contributed by atoms with Crippen LogP contribution >= 0.6 is 0 Å². The van der Waals surface area contributed by atoms with Crippen LogP contribution in [0.1, 0.15) is 47.5 Å². The molecule has 0 aliphatic heterocycles. The molecule has 1 nitrogen and oxygen atoms in total. The molecule has 0 heterocycles. The minimum Gasteiger partial charge on any atom is -0.298 e. The number of hydrogen-bond donors (Lipinski definition) is 0. The molecule has 1 saturated carbocycles. The van der Waals surface area contributed by atoms with Gasteiger partial charge >= 0.3 is 0 Å². The van der Waals surface area contributed by atoms with Gasteiger partial charge in [0.2, 0.25) is 5.92 Å². The Labute approximate surface area is 93.5 Å². The smallest absolute Gasteiger partial charge is 0.248 e. The molecular weight excluding hydrogens is 210 g/mol. The van der Waals surface area contributed by atoms with Crippen LogP contribution in [-0.2, 0) is 0 Å². The van der Waals surface area contributed by atoms with E-state index in [0.29, 0.717) is 12.0 Å². The molecule has 1 unspecified atom stereocenters. The van der Waals surface area contributed by atoms with E-state index in [1.54, 1.807) is 24.3 Å². The predicted molar refractivity (Wildman–Crippen MR) is 58.0 cm³/mol. The molecule has 16 heavy (non-hydrogen) atoms. The van der Waals surface area contributed by atoms with Gasteiger partial charge in [-0.1, -0.05) is 24.3 Å². The Bertz CT molecular complexity index is 370. The first-order chi connectivity index (χ1) is 7.61. The standard InChI is InChI=1S/C13H14F2O/c14-13(15)7-1-2-12(8-13)11-5-3-10(9-16)4-6-11/h3-6,9,12H,1-2,7-8H2. The van der Waals surface area contributed by atoms with Crippen molar-refractivity contribution in [2.24, 2.45) is 0 Å². The third-order valence-corrected chi connectivity index (χ3v) is 3.18. The Kier molecular flexibility index (Phi) is 3.03. The van der Waals surface area contributed by atoms with Crippen LogP contribution in [0.25, 0.3) is 0 Å². The molecule has 1 aliphatic carbocycles. The number of carbonyl (C=O) groups excluding carboxylic acids is 1. The van der Waals surface area contributed by atoms with Crippen molar-refractivity contribution in [3.63, 3.8) is 0 Å². The molecule has 1 aromatic rings. The summed E-state index contributed by atoms with van der Waals surface area (Å²) in [4.78, 5) is 10.5. The summed E-state index contributed by atoms with van der Waals surface area (Å²) in [6.07, 6.45) is 2.10. The molecule has 0 amide bonds. The van der Waals surface area contributed by atoms with E-state index in [4.69, 9.17) is 0 Å². The van der Waals surface area contributed by atoms with Crippen molar-refractivity contribution >= 4 is 6.29 Å².